The lowest BCUT2D eigenvalue weighted by atomic mass is 9.81. The zero-order valence-electron chi connectivity index (χ0n) is 11.8. The molecule has 1 amide bonds. The Bertz CT molecular complexity index is 510. The second-order valence-corrected chi connectivity index (χ2v) is 5.52. The molecule has 4 nitrogen and oxygen atoms in total. The molecule has 1 saturated carbocycles. The smallest absolute Gasteiger partial charge is 0.306 e. The second kappa shape index (κ2) is 7.20. The van der Waals surface area contributed by atoms with Gasteiger partial charge in [-0.05, 0) is 43.7 Å². The van der Waals surface area contributed by atoms with Crippen molar-refractivity contribution in [2.45, 2.75) is 32.1 Å². The van der Waals surface area contributed by atoms with Gasteiger partial charge in [-0.25, -0.2) is 4.39 Å². The predicted molar refractivity (Wildman–Crippen MR) is 76.2 cm³/mol. The van der Waals surface area contributed by atoms with E-state index in [1.54, 1.807) is 18.2 Å². The molecule has 0 aliphatic heterocycles. The van der Waals surface area contributed by atoms with Crippen LogP contribution in [0.2, 0.25) is 0 Å². The maximum Gasteiger partial charge on any atom is 0.306 e. The third-order valence-electron chi connectivity index (χ3n) is 4.10. The Morgan fingerprint density at radius 2 is 1.76 bits per heavy atom. The fourth-order valence-corrected chi connectivity index (χ4v) is 2.77. The van der Waals surface area contributed by atoms with Gasteiger partial charge < -0.3 is 10.4 Å². The summed E-state index contributed by atoms with van der Waals surface area (Å²) in [7, 11) is 0. The molecular formula is C16H20FNO3. The fourth-order valence-electron chi connectivity index (χ4n) is 2.77. The van der Waals surface area contributed by atoms with Crippen LogP contribution >= 0.6 is 0 Å². The van der Waals surface area contributed by atoms with E-state index in [4.69, 9.17) is 5.11 Å². The first kappa shape index (κ1) is 15.5. The van der Waals surface area contributed by atoms with Crippen molar-refractivity contribution in [1.82, 2.24) is 5.32 Å². The molecule has 1 fully saturated rings. The van der Waals surface area contributed by atoms with Crippen LogP contribution in [0.3, 0.4) is 0 Å². The third kappa shape index (κ3) is 4.28. The van der Waals surface area contributed by atoms with Crippen LogP contribution in [0.25, 0.3) is 0 Å². The number of aliphatic carboxylic acids is 1. The Hall–Kier alpha value is -1.91. The third-order valence-corrected chi connectivity index (χ3v) is 4.10. The van der Waals surface area contributed by atoms with Crippen LogP contribution in [0.4, 0.5) is 4.39 Å². The number of carbonyl (C=O) groups excluding carboxylic acids is 1. The van der Waals surface area contributed by atoms with E-state index in [0.29, 0.717) is 44.2 Å². The normalized spacial score (nSPS) is 21.8. The van der Waals surface area contributed by atoms with Crippen molar-refractivity contribution in [3.05, 3.63) is 35.6 Å². The van der Waals surface area contributed by atoms with Crippen LogP contribution in [0.1, 0.15) is 31.2 Å². The Kier molecular flexibility index (Phi) is 5.31. The Morgan fingerprint density at radius 1 is 1.14 bits per heavy atom. The van der Waals surface area contributed by atoms with E-state index < -0.39 is 5.97 Å². The van der Waals surface area contributed by atoms with E-state index in [-0.39, 0.29) is 23.6 Å². The fraction of sp³-hybridized carbons (Fsp3) is 0.500. The lowest BCUT2D eigenvalue weighted by molar-refractivity contribution is -0.144. The molecule has 0 saturated heterocycles. The minimum absolute atomic E-state index is 0.0461. The molecule has 0 heterocycles. The highest BCUT2D eigenvalue weighted by molar-refractivity contribution is 5.79. The highest BCUT2D eigenvalue weighted by Crippen LogP contribution is 2.28. The summed E-state index contributed by atoms with van der Waals surface area (Å²) in [4.78, 5) is 22.9. The molecule has 1 aromatic carbocycles. The summed E-state index contributed by atoms with van der Waals surface area (Å²) < 4.78 is 13.4. The van der Waals surface area contributed by atoms with Crippen LogP contribution in [0.15, 0.2) is 24.3 Å². The van der Waals surface area contributed by atoms with E-state index in [1.165, 1.54) is 6.07 Å². The summed E-state index contributed by atoms with van der Waals surface area (Å²) in [6.07, 6.45) is 2.80. The topological polar surface area (TPSA) is 66.4 Å². The largest absolute Gasteiger partial charge is 0.481 e. The summed E-state index contributed by atoms with van der Waals surface area (Å²) in [5, 5.41) is 11.7. The zero-order chi connectivity index (χ0) is 15.2. The SMILES string of the molecule is O=C(O)C1CCC(C(=O)NCCc2ccccc2F)CC1. The maximum absolute atomic E-state index is 13.4. The van der Waals surface area contributed by atoms with Crippen molar-refractivity contribution in [2.75, 3.05) is 6.54 Å². The molecule has 5 heteroatoms. The van der Waals surface area contributed by atoms with Crippen molar-refractivity contribution in [3.63, 3.8) is 0 Å². The number of carboxylic acids is 1. The van der Waals surface area contributed by atoms with Crippen LogP contribution in [0, 0.1) is 17.7 Å². The van der Waals surface area contributed by atoms with Crippen molar-refractivity contribution in [2.24, 2.45) is 11.8 Å². The molecule has 114 valence electrons. The quantitative estimate of drug-likeness (QED) is 0.876. The molecule has 1 aliphatic carbocycles. The number of carbonyl (C=O) groups is 2. The first-order chi connectivity index (χ1) is 10.1. The van der Waals surface area contributed by atoms with Crippen molar-refractivity contribution < 1.29 is 19.1 Å². The Labute approximate surface area is 123 Å². The minimum atomic E-state index is -0.770. The van der Waals surface area contributed by atoms with Crippen LogP contribution in [0.5, 0.6) is 0 Å². The average Bonchev–Trinajstić information content (AvgIpc) is 2.49. The average molecular weight is 293 g/mol. The molecule has 21 heavy (non-hydrogen) atoms. The molecule has 1 aliphatic rings. The number of carboxylic acid groups (broad SMARTS) is 1. The van der Waals surface area contributed by atoms with Gasteiger partial charge in [0.2, 0.25) is 5.91 Å². The van der Waals surface area contributed by atoms with Gasteiger partial charge in [0.1, 0.15) is 5.82 Å². The summed E-state index contributed by atoms with van der Waals surface area (Å²) in [5.41, 5.74) is 0.590. The lowest BCUT2D eigenvalue weighted by Crippen LogP contribution is -2.35. The van der Waals surface area contributed by atoms with Gasteiger partial charge in [0.05, 0.1) is 5.92 Å². The predicted octanol–water partition coefficient (Wildman–Crippen LogP) is 2.38. The zero-order valence-corrected chi connectivity index (χ0v) is 11.8. The highest BCUT2D eigenvalue weighted by Gasteiger charge is 2.29. The molecule has 0 unspecified atom stereocenters. The number of rotatable bonds is 5. The van der Waals surface area contributed by atoms with Crippen LogP contribution in [-0.4, -0.2) is 23.5 Å². The number of hydrogen-bond donors (Lipinski definition) is 2. The minimum Gasteiger partial charge on any atom is -0.481 e. The highest BCUT2D eigenvalue weighted by atomic mass is 19.1. The Balaban J connectivity index is 1.73. The van der Waals surface area contributed by atoms with Gasteiger partial charge >= 0.3 is 5.97 Å². The van der Waals surface area contributed by atoms with Gasteiger partial charge in [-0.2, -0.15) is 0 Å². The van der Waals surface area contributed by atoms with Gasteiger partial charge in [0.25, 0.3) is 0 Å². The van der Waals surface area contributed by atoms with Crippen molar-refractivity contribution >= 4 is 11.9 Å². The lowest BCUT2D eigenvalue weighted by Gasteiger charge is -2.25. The van der Waals surface area contributed by atoms with E-state index in [2.05, 4.69) is 5.32 Å². The van der Waals surface area contributed by atoms with Crippen molar-refractivity contribution in [1.29, 1.82) is 0 Å². The van der Waals surface area contributed by atoms with Crippen LogP contribution < -0.4 is 5.32 Å². The van der Waals surface area contributed by atoms with E-state index >= 15 is 0 Å². The molecule has 0 bridgehead atoms. The van der Waals surface area contributed by atoms with E-state index in [0.717, 1.165) is 0 Å². The standard InChI is InChI=1S/C16H20FNO3/c17-14-4-2-1-3-11(14)9-10-18-15(19)12-5-7-13(8-6-12)16(20)21/h1-4,12-13H,5-10H2,(H,18,19)(H,20,21). The molecule has 0 atom stereocenters. The van der Waals surface area contributed by atoms with Gasteiger partial charge in [-0.1, -0.05) is 18.2 Å². The molecular weight excluding hydrogens is 273 g/mol. The molecule has 0 radical (unpaired) electrons. The number of hydrogen-bond acceptors (Lipinski definition) is 2. The van der Waals surface area contributed by atoms with Gasteiger partial charge in [0.15, 0.2) is 0 Å². The van der Waals surface area contributed by atoms with E-state index in [1.807, 2.05) is 0 Å². The molecule has 1 aromatic rings. The summed E-state index contributed by atoms with van der Waals surface area (Å²) in [6, 6.07) is 6.52. The summed E-state index contributed by atoms with van der Waals surface area (Å²) in [6.45, 7) is 0.401. The van der Waals surface area contributed by atoms with Crippen LogP contribution in [-0.2, 0) is 16.0 Å². The number of halogens is 1. The van der Waals surface area contributed by atoms with Gasteiger partial charge in [0, 0.05) is 12.5 Å². The van der Waals surface area contributed by atoms with Crippen molar-refractivity contribution in [3.8, 4) is 0 Å². The van der Waals surface area contributed by atoms with Gasteiger partial charge in [-0.3, -0.25) is 9.59 Å². The molecule has 2 N–H and O–H groups in total. The monoisotopic (exact) mass is 293 g/mol. The summed E-state index contributed by atoms with van der Waals surface area (Å²) in [5.74, 6) is -1.49. The maximum atomic E-state index is 13.4. The first-order valence-electron chi connectivity index (χ1n) is 7.32. The molecule has 0 aromatic heterocycles. The number of nitrogens with one attached hydrogen (secondary N) is 1. The Morgan fingerprint density at radius 3 is 2.38 bits per heavy atom. The molecule has 2 rings (SSSR count). The van der Waals surface area contributed by atoms with Gasteiger partial charge in [-0.15, -0.1) is 0 Å². The molecule has 0 spiro atoms. The number of amides is 1. The van der Waals surface area contributed by atoms with E-state index in [9.17, 15) is 14.0 Å². The summed E-state index contributed by atoms with van der Waals surface area (Å²) >= 11 is 0. The number of benzene rings is 1. The second-order valence-electron chi connectivity index (χ2n) is 5.52. The first-order valence-corrected chi connectivity index (χ1v) is 7.32.